The van der Waals surface area contributed by atoms with Crippen molar-refractivity contribution in [3.8, 4) is 11.3 Å². The summed E-state index contributed by atoms with van der Waals surface area (Å²) in [6.45, 7) is 0.542. The van der Waals surface area contributed by atoms with Crippen LogP contribution in [-0.2, 0) is 13.5 Å². The van der Waals surface area contributed by atoms with Crippen LogP contribution < -0.4 is 5.73 Å². The van der Waals surface area contributed by atoms with E-state index in [1.807, 2.05) is 17.7 Å². The fourth-order valence-electron chi connectivity index (χ4n) is 1.81. The third-order valence-corrected chi connectivity index (χ3v) is 3.16. The first-order valence-corrected chi connectivity index (χ1v) is 6.10. The van der Waals surface area contributed by atoms with Crippen LogP contribution in [0.3, 0.4) is 0 Å². The van der Waals surface area contributed by atoms with Gasteiger partial charge in [-0.25, -0.2) is 9.37 Å². The summed E-state index contributed by atoms with van der Waals surface area (Å²) in [5.74, 6) is 0.634. The molecule has 0 saturated carbocycles. The van der Waals surface area contributed by atoms with Crippen LogP contribution in [0.5, 0.6) is 0 Å². The average Bonchev–Trinajstić information content (AvgIpc) is 2.55. The van der Waals surface area contributed by atoms with Gasteiger partial charge in [0.2, 0.25) is 0 Å². The van der Waals surface area contributed by atoms with Crippen molar-refractivity contribution in [2.75, 3.05) is 6.54 Å². The summed E-state index contributed by atoms with van der Waals surface area (Å²) >= 11 is 3.40. The molecule has 0 aliphatic carbocycles. The molecular formula is C12H13BrFN3. The Balaban J connectivity index is 2.52. The van der Waals surface area contributed by atoms with Crippen molar-refractivity contribution in [1.82, 2.24) is 9.55 Å². The Morgan fingerprint density at radius 1 is 1.47 bits per heavy atom. The lowest BCUT2D eigenvalue weighted by Gasteiger charge is -2.05. The van der Waals surface area contributed by atoms with Crippen molar-refractivity contribution < 1.29 is 4.39 Å². The second-order valence-corrected chi connectivity index (χ2v) is 4.53. The first kappa shape index (κ1) is 12.3. The first-order valence-electron chi connectivity index (χ1n) is 5.30. The summed E-state index contributed by atoms with van der Waals surface area (Å²) in [5, 5.41) is 0. The lowest BCUT2D eigenvalue weighted by Crippen LogP contribution is -2.08. The SMILES string of the molecule is Cn1c(CCN)nc(Br)c1-c1cccc(F)c1. The minimum Gasteiger partial charge on any atom is -0.330 e. The van der Waals surface area contributed by atoms with Gasteiger partial charge in [-0.2, -0.15) is 0 Å². The highest BCUT2D eigenvalue weighted by atomic mass is 79.9. The van der Waals surface area contributed by atoms with Crippen LogP contribution in [0.15, 0.2) is 28.9 Å². The summed E-state index contributed by atoms with van der Waals surface area (Å²) in [7, 11) is 1.91. The molecule has 0 saturated heterocycles. The smallest absolute Gasteiger partial charge is 0.132 e. The molecule has 0 radical (unpaired) electrons. The summed E-state index contributed by atoms with van der Waals surface area (Å²) in [6, 6.07) is 6.46. The number of aromatic nitrogens is 2. The van der Waals surface area contributed by atoms with Gasteiger partial charge in [0.15, 0.2) is 0 Å². The molecule has 0 bridgehead atoms. The van der Waals surface area contributed by atoms with Gasteiger partial charge in [-0.1, -0.05) is 12.1 Å². The molecule has 0 aliphatic heterocycles. The molecule has 1 aromatic carbocycles. The van der Waals surface area contributed by atoms with E-state index < -0.39 is 0 Å². The van der Waals surface area contributed by atoms with E-state index in [1.165, 1.54) is 12.1 Å². The van der Waals surface area contributed by atoms with Gasteiger partial charge >= 0.3 is 0 Å². The molecule has 0 amide bonds. The molecule has 5 heteroatoms. The number of halogens is 2. The number of imidazole rings is 1. The lowest BCUT2D eigenvalue weighted by molar-refractivity contribution is 0.628. The number of hydrogen-bond acceptors (Lipinski definition) is 2. The van der Waals surface area contributed by atoms with E-state index in [-0.39, 0.29) is 5.82 Å². The van der Waals surface area contributed by atoms with Crippen LogP contribution in [-0.4, -0.2) is 16.1 Å². The minimum atomic E-state index is -0.254. The van der Waals surface area contributed by atoms with Crippen molar-refractivity contribution in [3.05, 3.63) is 40.5 Å². The van der Waals surface area contributed by atoms with E-state index in [2.05, 4.69) is 20.9 Å². The van der Waals surface area contributed by atoms with Gasteiger partial charge in [-0.3, -0.25) is 0 Å². The summed E-state index contributed by atoms with van der Waals surface area (Å²) in [5.41, 5.74) is 7.19. The second kappa shape index (κ2) is 4.98. The Morgan fingerprint density at radius 2 is 2.24 bits per heavy atom. The van der Waals surface area contributed by atoms with Gasteiger partial charge < -0.3 is 10.3 Å². The molecule has 0 unspecified atom stereocenters. The minimum absolute atomic E-state index is 0.254. The van der Waals surface area contributed by atoms with E-state index in [0.29, 0.717) is 17.6 Å². The number of hydrogen-bond donors (Lipinski definition) is 1. The van der Waals surface area contributed by atoms with Crippen LogP contribution in [0.4, 0.5) is 4.39 Å². The Morgan fingerprint density at radius 3 is 2.88 bits per heavy atom. The normalized spacial score (nSPS) is 10.8. The van der Waals surface area contributed by atoms with E-state index in [1.54, 1.807) is 6.07 Å². The molecule has 2 rings (SSSR count). The molecule has 17 heavy (non-hydrogen) atoms. The maximum atomic E-state index is 13.2. The molecule has 0 fully saturated rings. The van der Waals surface area contributed by atoms with Crippen molar-refractivity contribution in [3.63, 3.8) is 0 Å². The highest BCUT2D eigenvalue weighted by Crippen LogP contribution is 2.28. The zero-order valence-corrected chi connectivity index (χ0v) is 11.0. The predicted octanol–water partition coefficient (Wildman–Crippen LogP) is 2.49. The Labute approximate surface area is 108 Å². The highest BCUT2D eigenvalue weighted by molar-refractivity contribution is 9.10. The summed E-state index contributed by atoms with van der Waals surface area (Å²) < 4.78 is 15.9. The number of benzene rings is 1. The standard InChI is InChI=1S/C12H13BrFN3/c1-17-10(5-6-15)16-12(13)11(17)8-3-2-4-9(14)7-8/h2-4,7H,5-6,15H2,1H3. The van der Waals surface area contributed by atoms with Gasteiger partial charge in [0.25, 0.3) is 0 Å². The largest absolute Gasteiger partial charge is 0.330 e. The monoisotopic (exact) mass is 297 g/mol. The average molecular weight is 298 g/mol. The third-order valence-electron chi connectivity index (χ3n) is 2.61. The molecular weight excluding hydrogens is 285 g/mol. The van der Waals surface area contributed by atoms with Gasteiger partial charge in [-0.05, 0) is 34.6 Å². The van der Waals surface area contributed by atoms with Crippen LogP contribution >= 0.6 is 15.9 Å². The molecule has 1 heterocycles. The maximum Gasteiger partial charge on any atom is 0.132 e. The number of nitrogens with zero attached hydrogens (tertiary/aromatic N) is 2. The first-order chi connectivity index (χ1) is 8.13. The quantitative estimate of drug-likeness (QED) is 0.946. The van der Waals surface area contributed by atoms with Gasteiger partial charge in [0, 0.05) is 19.0 Å². The van der Waals surface area contributed by atoms with E-state index in [4.69, 9.17) is 5.73 Å². The van der Waals surface area contributed by atoms with Gasteiger partial charge in [-0.15, -0.1) is 0 Å². The molecule has 2 N–H and O–H groups in total. The van der Waals surface area contributed by atoms with Crippen LogP contribution in [0.1, 0.15) is 5.82 Å². The van der Waals surface area contributed by atoms with Crippen molar-refractivity contribution in [2.24, 2.45) is 12.8 Å². The second-order valence-electron chi connectivity index (χ2n) is 3.78. The fourth-order valence-corrected chi connectivity index (χ4v) is 2.51. The molecule has 0 aliphatic rings. The molecule has 0 atom stereocenters. The topological polar surface area (TPSA) is 43.8 Å². The predicted molar refractivity (Wildman–Crippen MR) is 69.1 cm³/mol. The van der Waals surface area contributed by atoms with E-state index in [0.717, 1.165) is 17.1 Å². The van der Waals surface area contributed by atoms with Crippen molar-refractivity contribution in [1.29, 1.82) is 0 Å². The molecule has 1 aromatic heterocycles. The fraction of sp³-hybridized carbons (Fsp3) is 0.250. The Kier molecular flexibility index (Phi) is 3.59. The van der Waals surface area contributed by atoms with Crippen molar-refractivity contribution >= 4 is 15.9 Å². The molecule has 0 spiro atoms. The van der Waals surface area contributed by atoms with E-state index in [9.17, 15) is 4.39 Å². The summed E-state index contributed by atoms with van der Waals surface area (Å²) in [4.78, 5) is 4.38. The maximum absolute atomic E-state index is 13.2. The van der Waals surface area contributed by atoms with E-state index >= 15 is 0 Å². The lowest BCUT2D eigenvalue weighted by atomic mass is 10.1. The number of rotatable bonds is 3. The van der Waals surface area contributed by atoms with Crippen LogP contribution in [0.2, 0.25) is 0 Å². The Bertz CT molecular complexity index is 537. The van der Waals surface area contributed by atoms with Gasteiger partial charge in [0.1, 0.15) is 16.2 Å². The Hall–Kier alpha value is -1.20. The van der Waals surface area contributed by atoms with Crippen molar-refractivity contribution in [2.45, 2.75) is 6.42 Å². The third kappa shape index (κ3) is 2.40. The zero-order chi connectivity index (χ0) is 12.4. The highest BCUT2D eigenvalue weighted by Gasteiger charge is 2.14. The molecule has 3 nitrogen and oxygen atoms in total. The zero-order valence-electron chi connectivity index (χ0n) is 9.45. The number of nitrogens with two attached hydrogens (primary N) is 1. The van der Waals surface area contributed by atoms with Crippen LogP contribution in [0.25, 0.3) is 11.3 Å². The van der Waals surface area contributed by atoms with Gasteiger partial charge in [0.05, 0.1) is 5.69 Å². The summed E-state index contributed by atoms with van der Waals surface area (Å²) in [6.07, 6.45) is 0.699. The van der Waals surface area contributed by atoms with Crippen LogP contribution in [0, 0.1) is 5.82 Å². The molecule has 90 valence electrons. The molecule has 2 aromatic rings.